The lowest BCUT2D eigenvalue weighted by molar-refractivity contribution is -0.251. The van der Waals surface area contributed by atoms with E-state index in [4.69, 9.17) is 0 Å². The van der Waals surface area contributed by atoms with E-state index in [1.165, 1.54) is 0 Å². The molecular formula is C22H24F3N3O. The molecular weight excluding hydrogens is 379 g/mol. The molecule has 4 rings (SSSR count). The number of halogens is 3. The van der Waals surface area contributed by atoms with Crippen LogP contribution in [0.25, 0.3) is 10.9 Å². The lowest BCUT2D eigenvalue weighted by Gasteiger charge is -2.31. The summed E-state index contributed by atoms with van der Waals surface area (Å²) in [5.74, 6) is 0. The quantitative estimate of drug-likeness (QED) is 0.658. The van der Waals surface area contributed by atoms with Crippen molar-refractivity contribution in [1.29, 1.82) is 0 Å². The number of pyridine rings is 1. The summed E-state index contributed by atoms with van der Waals surface area (Å²) in [6, 6.07) is 9.54. The zero-order valence-corrected chi connectivity index (χ0v) is 16.7. The molecule has 3 aromatic rings. The van der Waals surface area contributed by atoms with Gasteiger partial charge in [0.2, 0.25) is 0 Å². The second kappa shape index (κ2) is 6.85. The van der Waals surface area contributed by atoms with Crippen molar-refractivity contribution in [2.45, 2.75) is 52.2 Å². The summed E-state index contributed by atoms with van der Waals surface area (Å²) in [6.07, 6.45) is -2.42. The van der Waals surface area contributed by atoms with Gasteiger partial charge in [-0.15, -0.1) is 0 Å². The molecule has 154 valence electrons. The minimum absolute atomic E-state index is 0.0537. The van der Waals surface area contributed by atoms with E-state index in [1.807, 2.05) is 48.7 Å². The van der Waals surface area contributed by atoms with Crippen molar-refractivity contribution in [3.8, 4) is 0 Å². The minimum Gasteiger partial charge on any atom is -0.384 e. The van der Waals surface area contributed by atoms with Crippen molar-refractivity contribution in [2.75, 3.05) is 6.54 Å². The molecule has 1 atom stereocenters. The van der Waals surface area contributed by atoms with Crippen molar-refractivity contribution in [3.63, 3.8) is 0 Å². The van der Waals surface area contributed by atoms with E-state index < -0.39 is 11.9 Å². The molecule has 1 unspecified atom stereocenters. The predicted octanol–water partition coefficient (Wildman–Crippen LogP) is 4.44. The van der Waals surface area contributed by atoms with Crippen molar-refractivity contribution in [1.82, 2.24) is 14.5 Å². The molecule has 0 fully saturated rings. The van der Waals surface area contributed by atoms with Gasteiger partial charge in [-0.25, -0.2) is 4.90 Å². The van der Waals surface area contributed by atoms with Crippen molar-refractivity contribution < 1.29 is 18.3 Å². The first-order valence-electron chi connectivity index (χ1n) is 9.64. The average molecular weight is 403 g/mol. The summed E-state index contributed by atoms with van der Waals surface area (Å²) in [5, 5.41) is 12.2. The first kappa shape index (κ1) is 19.9. The van der Waals surface area contributed by atoms with Crippen LogP contribution in [0.15, 0.2) is 36.5 Å². The van der Waals surface area contributed by atoms with Gasteiger partial charge >= 0.3 is 6.30 Å². The molecule has 4 nitrogen and oxygen atoms in total. The number of aryl methyl sites for hydroxylation is 2. The highest BCUT2D eigenvalue weighted by molar-refractivity contribution is 5.86. The molecule has 2 aromatic heterocycles. The Morgan fingerprint density at radius 2 is 1.90 bits per heavy atom. The van der Waals surface area contributed by atoms with Crippen LogP contribution in [0.2, 0.25) is 0 Å². The van der Waals surface area contributed by atoms with Gasteiger partial charge in [-0.2, -0.15) is 13.2 Å². The molecule has 0 radical (unpaired) electrons. The molecule has 1 aliphatic heterocycles. The van der Waals surface area contributed by atoms with Crippen LogP contribution in [0.4, 0.5) is 13.2 Å². The molecule has 0 amide bonds. The Kier molecular flexibility index (Phi) is 4.70. The van der Waals surface area contributed by atoms with Crippen LogP contribution in [0, 0.1) is 13.8 Å². The molecule has 0 saturated carbocycles. The van der Waals surface area contributed by atoms with Gasteiger partial charge in [-0.3, -0.25) is 4.98 Å². The Balaban J connectivity index is 1.82. The third kappa shape index (κ3) is 3.65. The number of benzene rings is 1. The monoisotopic (exact) mass is 403 g/mol. The number of fused-ring (bicyclic) bond motifs is 3. The van der Waals surface area contributed by atoms with E-state index in [0.29, 0.717) is 22.6 Å². The number of rotatable bonds is 3. The highest BCUT2D eigenvalue weighted by Crippen LogP contribution is 2.37. The summed E-state index contributed by atoms with van der Waals surface area (Å²) in [6.45, 7) is 5.40. The van der Waals surface area contributed by atoms with Crippen LogP contribution in [-0.2, 0) is 25.1 Å². The Morgan fingerprint density at radius 1 is 1.14 bits per heavy atom. The fraction of sp³-hybridized carbons (Fsp3) is 0.409. The predicted molar refractivity (Wildman–Crippen MR) is 105 cm³/mol. The van der Waals surface area contributed by atoms with Crippen LogP contribution < -0.4 is 0 Å². The zero-order chi connectivity index (χ0) is 21.0. The summed E-state index contributed by atoms with van der Waals surface area (Å²) in [7, 11) is 0. The summed E-state index contributed by atoms with van der Waals surface area (Å²) in [4.78, 5) is 4.80. The van der Waals surface area contributed by atoms with E-state index in [-0.39, 0.29) is 19.6 Å². The molecule has 1 aromatic carbocycles. The van der Waals surface area contributed by atoms with E-state index in [0.717, 1.165) is 27.7 Å². The molecule has 7 heteroatoms. The summed E-state index contributed by atoms with van der Waals surface area (Å²) >= 11 is 0. The van der Waals surface area contributed by atoms with Gasteiger partial charge in [0.15, 0.2) is 0 Å². The molecule has 3 heterocycles. The zero-order valence-electron chi connectivity index (χ0n) is 16.7. The normalized spacial score (nSPS) is 17.3. The molecule has 1 aliphatic rings. The van der Waals surface area contributed by atoms with Crippen molar-refractivity contribution in [3.05, 3.63) is 64.6 Å². The third-order valence-electron chi connectivity index (χ3n) is 5.77. The van der Waals surface area contributed by atoms with E-state index in [9.17, 15) is 18.3 Å². The number of nitrogens with zero attached hydrogens (tertiary/aromatic N) is 3. The third-order valence-corrected chi connectivity index (χ3v) is 5.77. The molecule has 0 spiro atoms. The van der Waals surface area contributed by atoms with Crippen LogP contribution >= 0.6 is 0 Å². The first-order valence-corrected chi connectivity index (χ1v) is 9.64. The largest absolute Gasteiger partial charge is 0.460 e. The van der Waals surface area contributed by atoms with Gasteiger partial charge in [0.05, 0.1) is 6.54 Å². The Bertz CT molecular complexity index is 1050. The maximum Gasteiger partial charge on any atom is 0.460 e. The average Bonchev–Trinajstić information content (AvgIpc) is 2.93. The summed E-state index contributed by atoms with van der Waals surface area (Å²) in [5.41, 5.74) is 3.68. The number of aromatic nitrogens is 2. The maximum absolute atomic E-state index is 13.4. The van der Waals surface area contributed by atoms with Crippen molar-refractivity contribution >= 4 is 10.9 Å². The van der Waals surface area contributed by atoms with Gasteiger partial charge in [0.25, 0.3) is 0 Å². The van der Waals surface area contributed by atoms with Crippen LogP contribution in [-0.4, -0.2) is 32.4 Å². The lowest BCUT2D eigenvalue weighted by atomic mass is 9.97. The standard InChI is InChI=1S/C22H24F3N3O/c1-14-4-7-19-18(10-14)17-8-9-27(22(23,24)25)12-20(17)28(19)13-21(3,29)16-6-5-15(2)26-11-16/h4-7,10-11,29H,8-9,12-13H2,1-3H3. The Hall–Kier alpha value is -2.38. The van der Waals surface area contributed by atoms with Crippen LogP contribution in [0.5, 0.6) is 0 Å². The van der Waals surface area contributed by atoms with Gasteiger partial charge in [0, 0.05) is 47.1 Å². The second-order valence-electron chi connectivity index (χ2n) is 8.13. The van der Waals surface area contributed by atoms with Crippen LogP contribution in [0.1, 0.15) is 35.0 Å². The molecule has 0 saturated heterocycles. The lowest BCUT2D eigenvalue weighted by Crippen LogP contribution is -2.42. The minimum atomic E-state index is -4.38. The van der Waals surface area contributed by atoms with Gasteiger partial charge < -0.3 is 9.67 Å². The highest BCUT2D eigenvalue weighted by atomic mass is 19.4. The SMILES string of the molecule is Cc1ccc2c(c1)c1c(n2CC(C)(O)c2ccc(C)nc2)CN(C(F)(F)F)CC1. The maximum atomic E-state index is 13.4. The van der Waals surface area contributed by atoms with Crippen LogP contribution in [0.3, 0.4) is 0 Å². The summed E-state index contributed by atoms with van der Waals surface area (Å²) < 4.78 is 42.0. The topological polar surface area (TPSA) is 41.3 Å². The van der Waals surface area contributed by atoms with Gasteiger partial charge in [-0.05, 0) is 51.0 Å². The molecule has 0 bridgehead atoms. The highest BCUT2D eigenvalue weighted by Gasteiger charge is 2.41. The smallest absolute Gasteiger partial charge is 0.384 e. The second-order valence-corrected chi connectivity index (χ2v) is 8.13. The Labute approximate surface area is 167 Å². The fourth-order valence-corrected chi connectivity index (χ4v) is 4.14. The number of alkyl halides is 3. The van der Waals surface area contributed by atoms with E-state index in [1.54, 1.807) is 13.1 Å². The number of hydrogen-bond donors (Lipinski definition) is 1. The molecule has 1 N–H and O–H groups in total. The first-order chi connectivity index (χ1) is 13.6. The van der Waals surface area contributed by atoms with E-state index in [2.05, 4.69) is 4.98 Å². The van der Waals surface area contributed by atoms with Gasteiger partial charge in [0.1, 0.15) is 5.60 Å². The number of aliphatic hydroxyl groups is 1. The molecule has 29 heavy (non-hydrogen) atoms. The fourth-order valence-electron chi connectivity index (χ4n) is 4.14. The van der Waals surface area contributed by atoms with Gasteiger partial charge in [-0.1, -0.05) is 17.7 Å². The van der Waals surface area contributed by atoms with E-state index >= 15 is 0 Å². The number of hydrogen-bond acceptors (Lipinski definition) is 3. The van der Waals surface area contributed by atoms with Crippen molar-refractivity contribution in [2.24, 2.45) is 0 Å². The Morgan fingerprint density at radius 3 is 2.55 bits per heavy atom. The molecule has 0 aliphatic carbocycles.